The van der Waals surface area contributed by atoms with Crippen molar-refractivity contribution in [2.24, 2.45) is 0 Å². The summed E-state index contributed by atoms with van der Waals surface area (Å²) in [4.78, 5) is 19.6. The number of rotatable bonds is 3. The SMILES string of the molecule is O=C(Nc1ccc(-c2ccccn2)nn1)c1cccc(F)n1. The molecular weight excluding hydrogens is 285 g/mol. The molecule has 1 amide bonds. The molecule has 6 nitrogen and oxygen atoms in total. The summed E-state index contributed by atoms with van der Waals surface area (Å²) in [7, 11) is 0. The molecule has 3 rings (SSSR count). The molecule has 22 heavy (non-hydrogen) atoms. The van der Waals surface area contributed by atoms with Crippen LogP contribution in [0, 0.1) is 5.95 Å². The lowest BCUT2D eigenvalue weighted by Gasteiger charge is -2.04. The molecule has 0 saturated heterocycles. The van der Waals surface area contributed by atoms with Gasteiger partial charge in [0.2, 0.25) is 5.95 Å². The molecule has 0 aliphatic carbocycles. The van der Waals surface area contributed by atoms with Gasteiger partial charge in [-0.1, -0.05) is 12.1 Å². The summed E-state index contributed by atoms with van der Waals surface area (Å²) in [6.45, 7) is 0. The Bertz CT molecular complexity index is 793. The average Bonchev–Trinajstić information content (AvgIpc) is 2.56. The third-order valence-corrected chi connectivity index (χ3v) is 2.78. The number of aromatic nitrogens is 4. The van der Waals surface area contributed by atoms with Crippen molar-refractivity contribution in [1.29, 1.82) is 0 Å². The second-order valence-electron chi connectivity index (χ2n) is 4.32. The van der Waals surface area contributed by atoms with Crippen molar-refractivity contribution in [2.45, 2.75) is 0 Å². The van der Waals surface area contributed by atoms with Crippen LogP contribution in [0.4, 0.5) is 10.2 Å². The van der Waals surface area contributed by atoms with E-state index in [1.165, 1.54) is 12.1 Å². The third kappa shape index (κ3) is 3.09. The third-order valence-electron chi connectivity index (χ3n) is 2.78. The van der Waals surface area contributed by atoms with Crippen LogP contribution in [0.5, 0.6) is 0 Å². The Labute approximate surface area is 125 Å². The quantitative estimate of drug-likeness (QED) is 0.750. The molecule has 1 N–H and O–H groups in total. The fourth-order valence-corrected chi connectivity index (χ4v) is 1.76. The molecule has 0 fully saturated rings. The number of hydrogen-bond donors (Lipinski definition) is 1. The highest BCUT2D eigenvalue weighted by molar-refractivity contribution is 6.02. The number of nitrogens with zero attached hydrogens (tertiary/aromatic N) is 4. The lowest BCUT2D eigenvalue weighted by Crippen LogP contribution is -2.15. The fourth-order valence-electron chi connectivity index (χ4n) is 1.76. The molecule has 0 unspecified atom stereocenters. The zero-order valence-electron chi connectivity index (χ0n) is 11.3. The van der Waals surface area contributed by atoms with Crippen molar-refractivity contribution < 1.29 is 9.18 Å². The Hall–Kier alpha value is -3.22. The predicted octanol–water partition coefficient (Wildman–Crippen LogP) is 2.33. The number of anilines is 1. The monoisotopic (exact) mass is 295 g/mol. The maximum atomic E-state index is 13.0. The molecule has 0 aliphatic heterocycles. The molecule has 0 atom stereocenters. The van der Waals surface area contributed by atoms with Gasteiger partial charge in [0.1, 0.15) is 11.4 Å². The summed E-state index contributed by atoms with van der Waals surface area (Å²) in [5.74, 6) is -1.03. The summed E-state index contributed by atoms with van der Waals surface area (Å²) in [5, 5.41) is 10.4. The van der Waals surface area contributed by atoms with E-state index in [1.54, 1.807) is 30.5 Å². The van der Waals surface area contributed by atoms with Gasteiger partial charge in [-0.3, -0.25) is 9.78 Å². The van der Waals surface area contributed by atoms with Crippen LogP contribution in [0.15, 0.2) is 54.7 Å². The fraction of sp³-hybridized carbons (Fsp3) is 0. The van der Waals surface area contributed by atoms with Crippen molar-refractivity contribution in [1.82, 2.24) is 20.2 Å². The van der Waals surface area contributed by atoms with E-state index in [1.807, 2.05) is 6.07 Å². The number of hydrogen-bond acceptors (Lipinski definition) is 5. The number of pyridine rings is 2. The lowest BCUT2D eigenvalue weighted by atomic mass is 10.2. The summed E-state index contributed by atoms with van der Waals surface area (Å²) in [6, 6.07) is 12.7. The van der Waals surface area contributed by atoms with Gasteiger partial charge >= 0.3 is 0 Å². The molecule has 3 aromatic rings. The minimum absolute atomic E-state index is 0.0318. The first-order valence-electron chi connectivity index (χ1n) is 6.41. The van der Waals surface area contributed by atoms with Gasteiger partial charge in [-0.15, -0.1) is 10.2 Å². The first-order valence-corrected chi connectivity index (χ1v) is 6.41. The average molecular weight is 295 g/mol. The number of amides is 1. The van der Waals surface area contributed by atoms with Crippen molar-refractivity contribution in [3.05, 3.63) is 66.4 Å². The summed E-state index contributed by atoms with van der Waals surface area (Å²) in [6.07, 6.45) is 1.66. The first kappa shape index (κ1) is 13.7. The van der Waals surface area contributed by atoms with Crippen LogP contribution in [0.2, 0.25) is 0 Å². The Morgan fingerprint density at radius 1 is 0.955 bits per heavy atom. The van der Waals surface area contributed by atoms with Crippen molar-refractivity contribution in [3.8, 4) is 11.4 Å². The van der Waals surface area contributed by atoms with Crippen molar-refractivity contribution >= 4 is 11.7 Å². The Kier molecular flexibility index (Phi) is 3.78. The van der Waals surface area contributed by atoms with Crippen LogP contribution in [0.3, 0.4) is 0 Å². The van der Waals surface area contributed by atoms with E-state index in [4.69, 9.17) is 0 Å². The first-order chi connectivity index (χ1) is 10.7. The Morgan fingerprint density at radius 2 is 1.86 bits per heavy atom. The number of carbonyl (C=O) groups is 1. The molecule has 0 radical (unpaired) electrons. The molecule has 7 heteroatoms. The van der Waals surface area contributed by atoms with Crippen LogP contribution in [-0.2, 0) is 0 Å². The van der Waals surface area contributed by atoms with E-state index in [9.17, 15) is 9.18 Å². The van der Waals surface area contributed by atoms with Gasteiger partial charge in [0.05, 0.1) is 5.69 Å². The molecule has 3 heterocycles. The van der Waals surface area contributed by atoms with E-state index >= 15 is 0 Å². The van der Waals surface area contributed by atoms with Gasteiger partial charge in [-0.2, -0.15) is 4.39 Å². The van der Waals surface area contributed by atoms with E-state index in [2.05, 4.69) is 25.5 Å². The van der Waals surface area contributed by atoms with Crippen molar-refractivity contribution in [3.63, 3.8) is 0 Å². The number of halogens is 1. The number of nitrogens with one attached hydrogen (secondary N) is 1. The van der Waals surface area contributed by atoms with Gasteiger partial charge in [-0.25, -0.2) is 4.98 Å². The summed E-state index contributed by atoms with van der Waals surface area (Å²) in [5.41, 5.74) is 1.23. The standard InChI is InChI=1S/C15H10FN5O/c16-13-6-3-5-12(18-13)15(22)19-14-8-7-11(20-21-14)10-4-1-2-9-17-10/h1-9H,(H,19,21,22). The molecule has 108 valence electrons. The van der Waals surface area contributed by atoms with E-state index in [0.717, 1.165) is 6.07 Å². The van der Waals surface area contributed by atoms with Gasteiger partial charge in [-0.05, 0) is 36.4 Å². The molecular formula is C15H10FN5O. The largest absolute Gasteiger partial charge is 0.304 e. The maximum Gasteiger partial charge on any atom is 0.275 e. The lowest BCUT2D eigenvalue weighted by molar-refractivity contribution is 0.102. The van der Waals surface area contributed by atoms with Crippen LogP contribution in [0.25, 0.3) is 11.4 Å². The van der Waals surface area contributed by atoms with E-state index in [0.29, 0.717) is 11.4 Å². The zero-order valence-corrected chi connectivity index (χ0v) is 11.3. The Morgan fingerprint density at radius 3 is 2.55 bits per heavy atom. The maximum absolute atomic E-state index is 13.0. The van der Waals surface area contributed by atoms with Gasteiger partial charge < -0.3 is 5.32 Å². The second-order valence-corrected chi connectivity index (χ2v) is 4.32. The predicted molar refractivity (Wildman–Crippen MR) is 77.4 cm³/mol. The number of carbonyl (C=O) groups excluding carboxylic acids is 1. The minimum Gasteiger partial charge on any atom is -0.304 e. The zero-order chi connectivity index (χ0) is 15.4. The topological polar surface area (TPSA) is 80.7 Å². The molecule has 0 saturated carbocycles. The van der Waals surface area contributed by atoms with Crippen LogP contribution >= 0.6 is 0 Å². The molecule has 3 aromatic heterocycles. The van der Waals surface area contributed by atoms with Gasteiger partial charge in [0.25, 0.3) is 5.91 Å². The highest BCUT2D eigenvalue weighted by Crippen LogP contribution is 2.14. The van der Waals surface area contributed by atoms with Crippen LogP contribution in [0.1, 0.15) is 10.5 Å². The van der Waals surface area contributed by atoms with Crippen LogP contribution in [-0.4, -0.2) is 26.1 Å². The minimum atomic E-state index is -0.718. The van der Waals surface area contributed by atoms with Crippen LogP contribution < -0.4 is 5.32 Å². The highest BCUT2D eigenvalue weighted by Gasteiger charge is 2.10. The smallest absolute Gasteiger partial charge is 0.275 e. The summed E-state index contributed by atoms with van der Waals surface area (Å²) >= 11 is 0. The Balaban J connectivity index is 1.75. The molecule has 0 aromatic carbocycles. The van der Waals surface area contributed by atoms with Gasteiger partial charge in [0.15, 0.2) is 5.82 Å². The highest BCUT2D eigenvalue weighted by atomic mass is 19.1. The van der Waals surface area contributed by atoms with Gasteiger partial charge in [0, 0.05) is 6.20 Å². The summed E-state index contributed by atoms with van der Waals surface area (Å²) < 4.78 is 13.0. The molecule has 0 bridgehead atoms. The normalized spacial score (nSPS) is 10.2. The van der Waals surface area contributed by atoms with Crippen molar-refractivity contribution in [2.75, 3.05) is 5.32 Å². The molecule has 0 aliphatic rings. The molecule has 0 spiro atoms. The van der Waals surface area contributed by atoms with E-state index in [-0.39, 0.29) is 11.5 Å². The second kappa shape index (κ2) is 6.04. The van der Waals surface area contributed by atoms with E-state index < -0.39 is 11.9 Å².